The Morgan fingerprint density at radius 1 is 0.836 bits per heavy atom. The second kappa shape index (κ2) is 25.4. The summed E-state index contributed by atoms with van der Waals surface area (Å²) < 4.78 is 1.16. The smallest absolute Gasteiger partial charge is 0.261 e. The molecule has 5 aliphatic rings. The summed E-state index contributed by atoms with van der Waals surface area (Å²) in [4.78, 5) is 115. The predicted molar refractivity (Wildman–Crippen MR) is 276 cm³/mol. The van der Waals surface area contributed by atoms with E-state index >= 15 is 0 Å². The van der Waals surface area contributed by atoms with Crippen LogP contribution in [-0.4, -0.2) is 136 Å². The van der Waals surface area contributed by atoms with Crippen molar-refractivity contribution in [2.45, 2.75) is 128 Å². The highest BCUT2D eigenvalue weighted by atomic mass is 16.2. The predicted octanol–water partition coefficient (Wildman–Crippen LogP) is 0.387. The maximum absolute atomic E-state index is 14.3. The lowest BCUT2D eigenvalue weighted by Gasteiger charge is -2.54. The number of aliphatic imine (C=N–C) groups is 1. The zero-order chi connectivity index (χ0) is 52.2. The molecule has 5 atom stereocenters. The number of nitrogens with two attached hydrogens (primary N) is 3. The van der Waals surface area contributed by atoms with Crippen molar-refractivity contribution in [2.75, 3.05) is 51.2 Å². The van der Waals surface area contributed by atoms with Gasteiger partial charge in [-0.3, -0.25) is 43.1 Å². The van der Waals surface area contributed by atoms with Crippen LogP contribution >= 0.6 is 0 Å². The number of imidazole rings is 1. The molecule has 5 fully saturated rings. The van der Waals surface area contributed by atoms with Crippen molar-refractivity contribution >= 4 is 58.0 Å². The first-order valence-electron chi connectivity index (χ1n) is 26.3. The molecule has 398 valence electrons. The summed E-state index contributed by atoms with van der Waals surface area (Å²) in [6, 6.07) is 1.67. The normalized spacial score (nSPS) is 22.1. The number of unbranched alkanes of at least 4 members (excludes halogenated alkanes) is 1. The molecule has 0 unspecified atom stereocenters. The molecule has 0 spiro atoms. The maximum Gasteiger partial charge on any atom is 0.261 e. The van der Waals surface area contributed by atoms with Crippen molar-refractivity contribution < 1.29 is 28.8 Å². The lowest BCUT2D eigenvalue weighted by atomic mass is 9.51. The van der Waals surface area contributed by atoms with E-state index < -0.39 is 54.0 Å². The molecule has 4 saturated carbocycles. The summed E-state index contributed by atoms with van der Waals surface area (Å²) in [6.07, 6.45) is 14.0. The van der Waals surface area contributed by atoms with Gasteiger partial charge in [0.25, 0.3) is 5.56 Å². The number of anilines is 1. The summed E-state index contributed by atoms with van der Waals surface area (Å²) in [7, 11) is 1.45. The van der Waals surface area contributed by atoms with Crippen molar-refractivity contribution in [1.82, 2.24) is 51.0 Å². The van der Waals surface area contributed by atoms with Gasteiger partial charge in [0.2, 0.25) is 35.4 Å². The van der Waals surface area contributed by atoms with Gasteiger partial charge in [0.15, 0.2) is 5.96 Å². The molecule has 22 heteroatoms. The number of likely N-dealkylation sites (N-methyl/N-ethyl adjacent to an activating group) is 1. The molecule has 12 N–H and O–H groups in total. The van der Waals surface area contributed by atoms with E-state index in [1.807, 2.05) is 19.9 Å². The Morgan fingerprint density at radius 3 is 2.18 bits per heavy atom. The lowest BCUT2D eigenvalue weighted by Crippen LogP contribution is -2.58. The average Bonchev–Trinajstić information content (AvgIpc) is 3.90. The quantitative estimate of drug-likeness (QED) is 0.0316. The number of guanidine groups is 1. The van der Waals surface area contributed by atoms with Gasteiger partial charge in [0, 0.05) is 70.2 Å². The minimum absolute atomic E-state index is 0.0791. The summed E-state index contributed by atoms with van der Waals surface area (Å²) in [6.45, 7) is 5.78. The van der Waals surface area contributed by atoms with Crippen LogP contribution in [0.4, 0.5) is 5.69 Å². The molecule has 22 nitrogen and oxygen atoms in total. The van der Waals surface area contributed by atoms with Crippen LogP contribution in [0.5, 0.6) is 0 Å². The van der Waals surface area contributed by atoms with Gasteiger partial charge in [-0.25, -0.2) is 9.97 Å². The number of aromatic nitrogens is 4. The fourth-order valence-corrected chi connectivity index (χ4v) is 11.8. The number of carbonyl (C=O) groups excluding carboxylic acids is 6. The van der Waals surface area contributed by atoms with Gasteiger partial charge in [-0.15, -0.1) is 0 Å². The van der Waals surface area contributed by atoms with E-state index in [4.69, 9.17) is 17.2 Å². The van der Waals surface area contributed by atoms with Gasteiger partial charge in [0.05, 0.1) is 23.6 Å². The number of hydrogen-bond acceptors (Lipinski definition) is 12. The molecule has 73 heavy (non-hydrogen) atoms. The number of fused-ring (bicyclic) bond motifs is 1. The minimum Gasteiger partial charge on any atom is -0.370 e. The number of H-pyrrole nitrogens is 1. The number of aromatic amines is 1. The van der Waals surface area contributed by atoms with Crippen LogP contribution in [0, 0.1) is 35.5 Å². The molecular weight excluding hydrogens is 935 g/mol. The van der Waals surface area contributed by atoms with Crippen LogP contribution in [0.1, 0.15) is 96.6 Å². The monoisotopic (exact) mass is 1010 g/mol. The SMILES string of the molecule is CC[C@H](C)[C@H](NC(=O)CC1C2CC3CC(C2)CC1C3)C(=O)N[C@@H](CCCCN)C(=O)N1CCN(c2ccc3ncn(CC(=O)N[C@@H](CCCN=C(N)N)C(=O)N[C@@H](Cc4cnc[nH]4)C(=O)NC)c(=O)c3c2)CC1. The summed E-state index contributed by atoms with van der Waals surface area (Å²) in [5.41, 5.74) is 18.1. The third kappa shape index (κ3) is 14.1. The van der Waals surface area contributed by atoms with E-state index in [0.717, 1.165) is 22.1 Å². The Bertz CT molecular complexity index is 2460. The topological polar surface area (TPSA) is 323 Å². The zero-order valence-corrected chi connectivity index (χ0v) is 42.7. The Hall–Kier alpha value is -6.58. The number of nitrogens with zero attached hydrogens (tertiary/aromatic N) is 6. The van der Waals surface area contributed by atoms with E-state index in [1.165, 1.54) is 51.8 Å². The number of nitrogens with one attached hydrogen (secondary N) is 6. The summed E-state index contributed by atoms with van der Waals surface area (Å²) in [5.74, 6) is 0.623. The van der Waals surface area contributed by atoms with E-state index in [9.17, 15) is 33.6 Å². The first-order valence-corrected chi connectivity index (χ1v) is 26.3. The molecule has 2 aromatic heterocycles. The highest BCUT2D eigenvalue weighted by Gasteiger charge is 2.49. The first kappa shape index (κ1) is 54.2. The number of amides is 6. The van der Waals surface area contributed by atoms with Gasteiger partial charge < -0.3 is 58.6 Å². The van der Waals surface area contributed by atoms with Gasteiger partial charge >= 0.3 is 0 Å². The highest BCUT2D eigenvalue weighted by molar-refractivity contribution is 5.93. The third-order valence-corrected chi connectivity index (χ3v) is 15.7. The number of benzene rings is 1. The van der Waals surface area contributed by atoms with E-state index in [1.54, 1.807) is 23.2 Å². The number of rotatable bonds is 25. The molecule has 6 amide bonds. The van der Waals surface area contributed by atoms with Crippen molar-refractivity contribution in [1.29, 1.82) is 0 Å². The van der Waals surface area contributed by atoms with Crippen molar-refractivity contribution in [3.05, 3.63) is 53.1 Å². The maximum atomic E-state index is 14.3. The highest BCUT2D eigenvalue weighted by Crippen LogP contribution is 2.57. The van der Waals surface area contributed by atoms with Gasteiger partial charge in [-0.2, -0.15) is 0 Å². The molecule has 4 aliphatic carbocycles. The van der Waals surface area contributed by atoms with Gasteiger partial charge in [-0.05, 0) is 124 Å². The summed E-state index contributed by atoms with van der Waals surface area (Å²) >= 11 is 0. The second-order valence-corrected chi connectivity index (χ2v) is 20.8. The molecule has 3 aromatic rings. The van der Waals surface area contributed by atoms with Crippen LogP contribution in [0.3, 0.4) is 0 Å². The van der Waals surface area contributed by atoms with Crippen LogP contribution in [0.2, 0.25) is 0 Å². The Kier molecular flexibility index (Phi) is 18.8. The molecule has 8 rings (SSSR count). The van der Waals surface area contributed by atoms with Crippen LogP contribution in [0.25, 0.3) is 10.9 Å². The largest absolute Gasteiger partial charge is 0.370 e. The van der Waals surface area contributed by atoms with Crippen molar-refractivity contribution in [2.24, 2.45) is 57.7 Å². The second-order valence-electron chi connectivity index (χ2n) is 20.8. The Balaban J connectivity index is 0.967. The number of piperazine rings is 1. The lowest BCUT2D eigenvalue weighted by molar-refractivity contribution is -0.138. The third-order valence-electron chi connectivity index (χ3n) is 15.7. The molecule has 4 bridgehead atoms. The van der Waals surface area contributed by atoms with Crippen molar-refractivity contribution in [3.63, 3.8) is 0 Å². The van der Waals surface area contributed by atoms with Gasteiger partial charge in [-0.1, -0.05) is 20.3 Å². The number of hydrogen-bond donors (Lipinski definition) is 9. The van der Waals surface area contributed by atoms with Crippen molar-refractivity contribution in [3.8, 4) is 0 Å². The molecule has 0 radical (unpaired) electrons. The van der Waals surface area contributed by atoms with Crippen LogP contribution < -0.4 is 54.2 Å². The summed E-state index contributed by atoms with van der Waals surface area (Å²) in [5, 5.41) is 14.4. The molecule has 1 aromatic carbocycles. The van der Waals surface area contributed by atoms with Crippen LogP contribution in [0.15, 0.2) is 46.8 Å². The molecular formula is C51H77N15O7. The average molecular weight is 1010 g/mol. The molecule has 1 saturated heterocycles. The molecule has 1 aliphatic heterocycles. The standard InChI is InChI=1S/C51H77N15O7/c1-4-30(2)45(63-43(67)25-37-33-19-31-18-32(21-33)22-34(37)20-31)48(71)61-41(8-5-6-12-52)50(73)65-16-14-64(15-17-65)36-10-11-39-38(24-36)49(72)66(29-59-39)27-44(68)60-40(9-7-13-57-51(53)54)47(70)62-42(46(69)55-3)23-35-26-56-28-58-35/h10-11,24,26,28-34,37,40-42,45H,4-9,12-23,25,27,52H2,1-3H3,(H,55,69)(H,56,58)(H,60,68)(H,61,71)(H,62,70)(H,63,67)(H4,53,54,57)/t30-,31?,32?,33?,34?,37?,40-,41-,42-,45-/m0/s1. The number of carbonyl (C=O) groups is 6. The van der Waals surface area contributed by atoms with E-state index in [0.29, 0.717) is 100 Å². The van der Waals surface area contributed by atoms with Crippen LogP contribution in [-0.2, 0) is 41.7 Å². The van der Waals surface area contributed by atoms with E-state index in [-0.39, 0.29) is 54.4 Å². The Morgan fingerprint density at radius 2 is 1.53 bits per heavy atom. The van der Waals surface area contributed by atoms with E-state index in [2.05, 4.69) is 51.4 Å². The fourth-order valence-electron chi connectivity index (χ4n) is 11.8. The first-order chi connectivity index (χ1) is 35.1. The zero-order valence-electron chi connectivity index (χ0n) is 42.7. The molecule has 3 heterocycles. The minimum atomic E-state index is -1.11. The Labute approximate surface area is 426 Å². The fraction of sp³-hybridized carbons (Fsp3) is 0.647. The van der Waals surface area contributed by atoms with Gasteiger partial charge in [0.1, 0.15) is 30.7 Å².